The number of carbonyl (C=O) groups is 1. The topological polar surface area (TPSA) is 52.3 Å². The molecule has 1 aliphatic carbocycles. The summed E-state index contributed by atoms with van der Waals surface area (Å²) in [6.45, 7) is 4.66. The average molecular weight is 269 g/mol. The Bertz CT molecular complexity index is 259. The molecule has 0 aromatic rings. The van der Waals surface area contributed by atoms with E-state index < -0.39 is 0 Å². The van der Waals surface area contributed by atoms with Crippen LogP contribution in [0.3, 0.4) is 0 Å². The molecule has 2 N–H and O–H groups in total. The van der Waals surface area contributed by atoms with E-state index in [1.165, 1.54) is 25.7 Å². The molecule has 1 rings (SSSR count). The zero-order valence-electron chi connectivity index (χ0n) is 12.7. The fourth-order valence-electron chi connectivity index (χ4n) is 2.95. The van der Waals surface area contributed by atoms with Gasteiger partial charge in [-0.3, -0.25) is 4.79 Å². The van der Waals surface area contributed by atoms with Crippen molar-refractivity contribution in [2.75, 3.05) is 6.54 Å². The van der Waals surface area contributed by atoms with Crippen LogP contribution in [0.5, 0.6) is 0 Å². The molecule has 0 amide bonds. The summed E-state index contributed by atoms with van der Waals surface area (Å²) in [6.07, 6.45) is 11.2. The third-order valence-electron chi connectivity index (χ3n) is 4.41. The molecule has 0 aliphatic heterocycles. The lowest BCUT2D eigenvalue weighted by molar-refractivity contribution is -0.162. The van der Waals surface area contributed by atoms with Gasteiger partial charge in [0.15, 0.2) is 0 Å². The molecule has 1 unspecified atom stereocenters. The molecule has 3 nitrogen and oxygen atoms in total. The monoisotopic (exact) mass is 269 g/mol. The summed E-state index contributed by atoms with van der Waals surface area (Å²) in [5.41, 5.74) is 5.47. The molecular formula is C16H31NO2. The van der Waals surface area contributed by atoms with E-state index in [0.717, 1.165) is 38.5 Å². The highest BCUT2D eigenvalue weighted by atomic mass is 16.5. The predicted molar refractivity (Wildman–Crippen MR) is 78.9 cm³/mol. The van der Waals surface area contributed by atoms with Crippen LogP contribution in [0, 0.1) is 5.41 Å². The van der Waals surface area contributed by atoms with Crippen LogP contribution in [0.25, 0.3) is 0 Å². The summed E-state index contributed by atoms with van der Waals surface area (Å²) in [6, 6.07) is 0. The van der Waals surface area contributed by atoms with Gasteiger partial charge in [0, 0.05) is 6.54 Å². The molecule has 3 heteroatoms. The summed E-state index contributed by atoms with van der Waals surface area (Å²) in [5, 5.41) is 0. The van der Waals surface area contributed by atoms with Crippen molar-refractivity contribution in [2.24, 2.45) is 11.1 Å². The Kier molecular flexibility index (Phi) is 7.44. The molecule has 0 aromatic carbocycles. The third-order valence-corrected chi connectivity index (χ3v) is 4.41. The fraction of sp³-hybridized carbons (Fsp3) is 0.938. The summed E-state index contributed by atoms with van der Waals surface area (Å²) in [7, 11) is 0. The number of hydrogen-bond donors (Lipinski definition) is 1. The molecule has 0 saturated heterocycles. The van der Waals surface area contributed by atoms with Crippen molar-refractivity contribution in [1.29, 1.82) is 0 Å². The van der Waals surface area contributed by atoms with Crippen molar-refractivity contribution < 1.29 is 9.53 Å². The molecule has 112 valence electrons. The van der Waals surface area contributed by atoms with E-state index >= 15 is 0 Å². The van der Waals surface area contributed by atoms with Gasteiger partial charge in [-0.25, -0.2) is 0 Å². The van der Waals surface area contributed by atoms with Crippen molar-refractivity contribution in [3.05, 3.63) is 0 Å². The second-order valence-corrected chi connectivity index (χ2v) is 6.11. The molecule has 1 saturated carbocycles. The van der Waals surface area contributed by atoms with Crippen LogP contribution >= 0.6 is 0 Å². The SMILES string of the molecule is CCCCCCC(C)OC(=O)C1(CN)CCCCC1. The summed E-state index contributed by atoms with van der Waals surface area (Å²) >= 11 is 0. The summed E-state index contributed by atoms with van der Waals surface area (Å²) in [5.74, 6) is -0.0438. The fourth-order valence-corrected chi connectivity index (χ4v) is 2.95. The Balaban J connectivity index is 2.35. The highest BCUT2D eigenvalue weighted by molar-refractivity contribution is 5.77. The van der Waals surface area contributed by atoms with E-state index in [9.17, 15) is 4.79 Å². The lowest BCUT2D eigenvalue weighted by Gasteiger charge is -2.34. The van der Waals surface area contributed by atoms with Gasteiger partial charge in [-0.2, -0.15) is 0 Å². The predicted octanol–water partition coefficient (Wildman–Crippen LogP) is 3.80. The lowest BCUT2D eigenvalue weighted by Crippen LogP contribution is -2.42. The van der Waals surface area contributed by atoms with Crippen molar-refractivity contribution in [1.82, 2.24) is 0 Å². The lowest BCUT2D eigenvalue weighted by atomic mass is 9.74. The Morgan fingerprint density at radius 3 is 2.47 bits per heavy atom. The minimum absolute atomic E-state index is 0.0368. The van der Waals surface area contributed by atoms with Crippen molar-refractivity contribution >= 4 is 5.97 Å². The molecule has 0 bridgehead atoms. The average Bonchev–Trinajstić information content (AvgIpc) is 2.44. The standard InChI is InChI=1S/C16H31NO2/c1-3-4-5-7-10-14(2)19-15(18)16(13-17)11-8-6-9-12-16/h14H,3-13,17H2,1-2H3. The maximum Gasteiger partial charge on any atom is 0.313 e. The van der Waals surface area contributed by atoms with Gasteiger partial charge in [-0.05, 0) is 32.6 Å². The van der Waals surface area contributed by atoms with Crippen molar-refractivity contribution in [3.8, 4) is 0 Å². The maximum atomic E-state index is 12.3. The van der Waals surface area contributed by atoms with Crippen LogP contribution in [0.2, 0.25) is 0 Å². The molecule has 1 aliphatic rings. The zero-order chi connectivity index (χ0) is 14.1. The zero-order valence-corrected chi connectivity index (χ0v) is 12.7. The second-order valence-electron chi connectivity index (χ2n) is 6.11. The Morgan fingerprint density at radius 2 is 1.89 bits per heavy atom. The number of esters is 1. The normalized spacial score (nSPS) is 19.9. The largest absolute Gasteiger partial charge is 0.462 e. The molecule has 1 atom stereocenters. The van der Waals surface area contributed by atoms with Gasteiger partial charge in [-0.1, -0.05) is 45.4 Å². The molecule has 19 heavy (non-hydrogen) atoms. The van der Waals surface area contributed by atoms with Crippen LogP contribution in [0.15, 0.2) is 0 Å². The number of hydrogen-bond acceptors (Lipinski definition) is 3. The van der Waals surface area contributed by atoms with Gasteiger partial charge >= 0.3 is 5.97 Å². The number of nitrogens with two attached hydrogens (primary N) is 1. The van der Waals surface area contributed by atoms with Gasteiger partial charge < -0.3 is 10.5 Å². The molecule has 1 fully saturated rings. The van der Waals surface area contributed by atoms with Gasteiger partial charge in [0.25, 0.3) is 0 Å². The van der Waals surface area contributed by atoms with Gasteiger partial charge in [0.2, 0.25) is 0 Å². The number of rotatable bonds is 8. The van der Waals surface area contributed by atoms with E-state index in [-0.39, 0.29) is 17.5 Å². The van der Waals surface area contributed by atoms with Crippen molar-refractivity contribution in [2.45, 2.75) is 84.2 Å². The number of ether oxygens (including phenoxy) is 1. The highest BCUT2D eigenvalue weighted by Crippen LogP contribution is 2.37. The summed E-state index contributed by atoms with van der Waals surface area (Å²) < 4.78 is 5.65. The summed E-state index contributed by atoms with van der Waals surface area (Å²) in [4.78, 5) is 12.3. The molecule has 0 aromatic heterocycles. The first-order chi connectivity index (χ1) is 9.14. The van der Waals surface area contributed by atoms with Crippen LogP contribution < -0.4 is 5.73 Å². The third kappa shape index (κ3) is 5.13. The molecule has 0 heterocycles. The first-order valence-electron chi connectivity index (χ1n) is 8.06. The van der Waals surface area contributed by atoms with Crippen LogP contribution in [0.1, 0.15) is 78.1 Å². The van der Waals surface area contributed by atoms with E-state index in [0.29, 0.717) is 6.54 Å². The van der Waals surface area contributed by atoms with Gasteiger partial charge in [-0.15, -0.1) is 0 Å². The van der Waals surface area contributed by atoms with Crippen LogP contribution in [0.4, 0.5) is 0 Å². The quantitative estimate of drug-likeness (QED) is 0.538. The first kappa shape index (κ1) is 16.5. The van der Waals surface area contributed by atoms with E-state index in [1.807, 2.05) is 6.92 Å². The van der Waals surface area contributed by atoms with Crippen LogP contribution in [-0.2, 0) is 9.53 Å². The molecule has 0 spiro atoms. The molecular weight excluding hydrogens is 238 g/mol. The Hall–Kier alpha value is -0.570. The maximum absolute atomic E-state index is 12.3. The Labute approximate surface area is 118 Å². The first-order valence-corrected chi connectivity index (χ1v) is 8.06. The van der Waals surface area contributed by atoms with Crippen molar-refractivity contribution in [3.63, 3.8) is 0 Å². The van der Waals surface area contributed by atoms with E-state index in [1.54, 1.807) is 0 Å². The van der Waals surface area contributed by atoms with E-state index in [2.05, 4.69) is 6.92 Å². The molecule has 0 radical (unpaired) electrons. The minimum Gasteiger partial charge on any atom is -0.462 e. The van der Waals surface area contributed by atoms with E-state index in [4.69, 9.17) is 10.5 Å². The van der Waals surface area contributed by atoms with Crippen LogP contribution in [-0.4, -0.2) is 18.6 Å². The number of unbranched alkanes of at least 4 members (excludes halogenated alkanes) is 3. The van der Waals surface area contributed by atoms with Gasteiger partial charge in [0.05, 0.1) is 11.5 Å². The number of carbonyl (C=O) groups excluding carboxylic acids is 1. The Morgan fingerprint density at radius 1 is 1.21 bits per heavy atom. The highest BCUT2D eigenvalue weighted by Gasteiger charge is 2.40. The second kappa shape index (κ2) is 8.57. The van der Waals surface area contributed by atoms with Gasteiger partial charge in [0.1, 0.15) is 0 Å². The smallest absolute Gasteiger partial charge is 0.313 e. The minimum atomic E-state index is -0.379.